The lowest BCUT2D eigenvalue weighted by molar-refractivity contribution is 0.0465. The summed E-state index contributed by atoms with van der Waals surface area (Å²) in [5.74, 6) is 0. The number of hydrogen-bond acceptors (Lipinski definition) is 3. The summed E-state index contributed by atoms with van der Waals surface area (Å²) >= 11 is 0. The van der Waals surface area contributed by atoms with Crippen molar-refractivity contribution in [3.63, 3.8) is 0 Å². The number of amides is 1. The van der Waals surface area contributed by atoms with Crippen LogP contribution in [0.15, 0.2) is 30.3 Å². The first kappa shape index (κ1) is 15.8. The van der Waals surface area contributed by atoms with Crippen molar-refractivity contribution in [1.82, 2.24) is 10.6 Å². The zero-order chi connectivity index (χ0) is 15.3. The van der Waals surface area contributed by atoms with Gasteiger partial charge in [0, 0.05) is 12.1 Å². The largest absolute Gasteiger partial charge is 0.444 e. The molecular weight excluding hydrogens is 264 g/mol. The Morgan fingerprint density at radius 1 is 1.19 bits per heavy atom. The zero-order valence-electron chi connectivity index (χ0n) is 13.2. The van der Waals surface area contributed by atoms with Crippen molar-refractivity contribution in [2.24, 2.45) is 0 Å². The van der Waals surface area contributed by atoms with Crippen LogP contribution in [0.3, 0.4) is 0 Å². The van der Waals surface area contributed by atoms with Crippen molar-refractivity contribution in [2.75, 3.05) is 6.54 Å². The van der Waals surface area contributed by atoms with Crippen molar-refractivity contribution in [3.8, 4) is 0 Å². The van der Waals surface area contributed by atoms with Crippen molar-refractivity contribution >= 4 is 6.09 Å². The lowest BCUT2D eigenvalue weighted by Gasteiger charge is -2.36. The van der Waals surface area contributed by atoms with Crippen LogP contribution in [0.2, 0.25) is 0 Å². The minimum absolute atomic E-state index is 0.245. The first-order valence-corrected chi connectivity index (χ1v) is 7.69. The molecule has 0 aliphatic heterocycles. The maximum atomic E-state index is 11.6. The molecule has 2 rings (SSSR count). The van der Waals surface area contributed by atoms with Crippen LogP contribution >= 0.6 is 0 Å². The number of rotatable bonds is 5. The zero-order valence-corrected chi connectivity index (χ0v) is 13.2. The molecule has 1 aromatic rings. The summed E-state index contributed by atoms with van der Waals surface area (Å²) in [6.45, 7) is 6.61. The molecule has 4 heteroatoms. The van der Waals surface area contributed by atoms with Crippen LogP contribution in [-0.4, -0.2) is 30.3 Å². The van der Waals surface area contributed by atoms with Gasteiger partial charge in [0.2, 0.25) is 0 Å². The van der Waals surface area contributed by atoms with E-state index in [-0.39, 0.29) is 12.1 Å². The fraction of sp³-hybridized carbons (Fsp3) is 0.588. The highest BCUT2D eigenvalue weighted by molar-refractivity contribution is 5.68. The van der Waals surface area contributed by atoms with Crippen LogP contribution in [0.1, 0.15) is 39.2 Å². The van der Waals surface area contributed by atoms with Gasteiger partial charge in [-0.3, -0.25) is 0 Å². The summed E-state index contributed by atoms with van der Waals surface area (Å²) in [6, 6.07) is 11.2. The van der Waals surface area contributed by atoms with E-state index in [1.54, 1.807) is 0 Å². The predicted molar refractivity (Wildman–Crippen MR) is 84.3 cm³/mol. The number of carbonyl (C=O) groups is 1. The molecule has 0 bridgehead atoms. The van der Waals surface area contributed by atoms with Gasteiger partial charge in [-0.05, 0) is 52.1 Å². The Hall–Kier alpha value is -1.55. The number of alkyl carbamates (subject to hydrolysis) is 1. The summed E-state index contributed by atoms with van der Waals surface area (Å²) in [5, 5.41) is 6.44. The molecule has 0 atom stereocenters. The Balaban J connectivity index is 1.56. The molecule has 1 aliphatic carbocycles. The molecule has 0 radical (unpaired) electrons. The molecule has 0 spiro atoms. The van der Waals surface area contributed by atoms with E-state index in [0.717, 1.165) is 25.8 Å². The van der Waals surface area contributed by atoms with Gasteiger partial charge in [0.25, 0.3) is 0 Å². The van der Waals surface area contributed by atoms with Gasteiger partial charge in [-0.2, -0.15) is 0 Å². The third-order valence-corrected chi connectivity index (χ3v) is 3.55. The number of carbonyl (C=O) groups excluding carboxylic acids is 1. The van der Waals surface area contributed by atoms with Gasteiger partial charge in [0.1, 0.15) is 5.60 Å². The third-order valence-electron chi connectivity index (χ3n) is 3.55. The fourth-order valence-corrected chi connectivity index (χ4v) is 2.44. The average Bonchev–Trinajstić information content (AvgIpc) is 2.34. The molecule has 1 fully saturated rings. The van der Waals surface area contributed by atoms with Crippen LogP contribution in [0.4, 0.5) is 4.79 Å². The van der Waals surface area contributed by atoms with Crippen molar-refractivity contribution in [3.05, 3.63) is 35.9 Å². The van der Waals surface area contributed by atoms with Gasteiger partial charge in [-0.15, -0.1) is 0 Å². The van der Waals surface area contributed by atoms with Crippen LogP contribution in [0.5, 0.6) is 0 Å². The summed E-state index contributed by atoms with van der Waals surface area (Å²) in [6.07, 6.45) is 2.69. The monoisotopic (exact) mass is 290 g/mol. The first-order valence-electron chi connectivity index (χ1n) is 7.69. The van der Waals surface area contributed by atoms with E-state index in [9.17, 15) is 4.79 Å². The third kappa shape index (κ3) is 5.76. The highest BCUT2D eigenvalue weighted by Crippen LogP contribution is 2.20. The van der Waals surface area contributed by atoms with Crippen LogP contribution in [0, 0.1) is 0 Å². The van der Waals surface area contributed by atoms with Crippen molar-refractivity contribution in [2.45, 2.75) is 57.7 Å². The minimum atomic E-state index is -0.429. The highest BCUT2D eigenvalue weighted by atomic mass is 16.6. The summed E-state index contributed by atoms with van der Waals surface area (Å²) in [4.78, 5) is 11.6. The maximum absolute atomic E-state index is 11.6. The van der Waals surface area contributed by atoms with E-state index in [2.05, 4.69) is 34.9 Å². The molecule has 1 amide bonds. The Morgan fingerprint density at radius 3 is 2.48 bits per heavy atom. The summed E-state index contributed by atoms with van der Waals surface area (Å²) in [7, 11) is 0. The lowest BCUT2D eigenvalue weighted by Crippen LogP contribution is -2.53. The standard InChI is InChI=1S/C17H26N2O2/c1-17(2,3)21-16(20)19-15-11-14(12-15)18-10-9-13-7-5-4-6-8-13/h4-8,14-15,18H,9-12H2,1-3H3,(H,19,20). The van der Waals surface area contributed by atoms with E-state index in [1.165, 1.54) is 5.56 Å². The number of benzene rings is 1. The van der Waals surface area contributed by atoms with E-state index >= 15 is 0 Å². The predicted octanol–water partition coefficient (Wildman–Crippen LogP) is 2.87. The van der Waals surface area contributed by atoms with Gasteiger partial charge in [-0.1, -0.05) is 30.3 Å². The molecule has 0 aromatic heterocycles. The quantitative estimate of drug-likeness (QED) is 0.876. The molecule has 0 heterocycles. The van der Waals surface area contributed by atoms with E-state index in [1.807, 2.05) is 26.8 Å². The number of hydrogen-bond donors (Lipinski definition) is 2. The Kier molecular flexibility index (Phi) is 5.23. The van der Waals surface area contributed by atoms with Crippen molar-refractivity contribution in [1.29, 1.82) is 0 Å². The van der Waals surface area contributed by atoms with E-state index in [4.69, 9.17) is 4.74 Å². The van der Waals surface area contributed by atoms with Gasteiger partial charge in [0.15, 0.2) is 0 Å². The average molecular weight is 290 g/mol. The summed E-state index contributed by atoms with van der Waals surface area (Å²) < 4.78 is 5.25. The number of nitrogens with one attached hydrogen (secondary N) is 2. The molecule has 0 unspecified atom stereocenters. The Labute approximate surface area is 127 Å². The molecule has 116 valence electrons. The van der Waals surface area contributed by atoms with Crippen LogP contribution < -0.4 is 10.6 Å². The molecule has 1 aliphatic rings. The second-order valence-corrected chi connectivity index (χ2v) is 6.70. The highest BCUT2D eigenvalue weighted by Gasteiger charge is 2.31. The molecule has 0 saturated heterocycles. The molecular formula is C17H26N2O2. The minimum Gasteiger partial charge on any atom is -0.444 e. The van der Waals surface area contributed by atoms with Gasteiger partial charge in [-0.25, -0.2) is 4.79 Å². The Bertz CT molecular complexity index is 448. The van der Waals surface area contributed by atoms with Gasteiger partial charge < -0.3 is 15.4 Å². The van der Waals surface area contributed by atoms with Crippen LogP contribution in [0.25, 0.3) is 0 Å². The molecule has 1 aromatic carbocycles. The normalized spacial score (nSPS) is 21.5. The summed E-state index contributed by atoms with van der Waals surface area (Å²) in [5.41, 5.74) is 0.925. The van der Waals surface area contributed by atoms with Gasteiger partial charge in [0.05, 0.1) is 0 Å². The van der Waals surface area contributed by atoms with Crippen molar-refractivity contribution < 1.29 is 9.53 Å². The molecule has 1 saturated carbocycles. The second kappa shape index (κ2) is 6.94. The molecule has 2 N–H and O–H groups in total. The van der Waals surface area contributed by atoms with Crippen LogP contribution in [-0.2, 0) is 11.2 Å². The van der Waals surface area contributed by atoms with E-state index in [0.29, 0.717) is 6.04 Å². The second-order valence-electron chi connectivity index (χ2n) is 6.70. The lowest BCUT2D eigenvalue weighted by atomic mass is 9.87. The Morgan fingerprint density at radius 2 is 1.86 bits per heavy atom. The molecule has 4 nitrogen and oxygen atoms in total. The SMILES string of the molecule is CC(C)(C)OC(=O)NC1CC(NCCc2ccccc2)C1. The fourth-order valence-electron chi connectivity index (χ4n) is 2.44. The molecule has 21 heavy (non-hydrogen) atoms. The first-order chi connectivity index (χ1) is 9.92. The van der Waals surface area contributed by atoms with Gasteiger partial charge >= 0.3 is 6.09 Å². The maximum Gasteiger partial charge on any atom is 0.407 e. The van der Waals surface area contributed by atoms with E-state index < -0.39 is 5.60 Å². The topological polar surface area (TPSA) is 50.4 Å². The smallest absolute Gasteiger partial charge is 0.407 e. The number of ether oxygens (including phenoxy) is 1.